The van der Waals surface area contributed by atoms with E-state index in [1.807, 2.05) is 25.9 Å². The number of nitrogens with one attached hydrogen (secondary N) is 1. The number of nitrogens with zero attached hydrogens (tertiary/aromatic N) is 1. The number of furan rings is 1. The number of hydrogen-bond donors (Lipinski definition) is 1. The third kappa shape index (κ3) is 3.17. The van der Waals surface area contributed by atoms with Gasteiger partial charge in [-0.3, -0.25) is 4.79 Å². The highest BCUT2D eigenvalue weighted by atomic mass is 32.2. The van der Waals surface area contributed by atoms with Crippen molar-refractivity contribution in [2.75, 3.05) is 19.0 Å². The summed E-state index contributed by atoms with van der Waals surface area (Å²) in [5, 5.41) is 0. The predicted molar refractivity (Wildman–Crippen MR) is 90.4 cm³/mol. The number of carbonyl (C=O) groups excluding carboxylic acids is 1. The van der Waals surface area contributed by atoms with Crippen molar-refractivity contribution in [3.05, 3.63) is 47.9 Å². The van der Waals surface area contributed by atoms with Gasteiger partial charge < -0.3 is 9.32 Å². The summed E-state index contributed by atoms with van der Waals surface area (Å²) in [5.41, 5.74) is 1.76. The smallest absolute Gasteiger partial charge is 0.264 e. The van der Waals surface area contributed by atoms with Crippen LogP contribution in [0.15, 0.2) is 45.9 Å². The molecule has 0 unspecified atom stereocenters. The van der Waals surface area contributed by atoms with Crippen molar-refractivity contribution >= 4 is 21.6 Å². The van der Waals surface area contributed by atoms with E-state index in [1.165, 1.54) is 6.07 Å². The van der Waals surface area contributed by atoms with Crippen molar-refractivity contribution in [2.45, 2.75) is 24.2 Å². The number of anilines is 1. The van der Waals surface area contributed by atoms with Gasteiger partial charge in [-0.15, -0.1) is 0 Å². The lowest BCUT2D eigenvalue weighted by molar-refractivity contribution is -0.120. The Hall–Kier alpha value is -2.28. The predicted octanol–water partition coefficient (Wildman–Crippen LogP) is 2.26. The minimum absolute atomic E-state index is 0.0365. The van der Waals surface area contributed by atoms with E-state index in [9.17, 15) is 13.2 Å². The van der Waals surface area contributed by atoms with Crippen LogP contribution in [0.4, 0.5) is 5.69 Å². The first-order chi connectivity index (χ1) is 11.3. The van der Waals surface area contributed by atoms with Crippen LogP contribution in [0, 0.1) is 12.8 Å². The van der Waals surface area contributed by atoms with Crippen LogP contribution in [0.2, 0.25) is 0 Å². The van der Waals surface area contributed by atoms with Gasteiger partial charge in [0.15, 0.2) is 0 Å². The van der Waals surface area contributed by atoms with E-state index in [1.54, 1.807) is 30.5 Å². The van der Waals surface area contributed by atoms with E-state index in [0.29, 0.717) is 6.42 Å². The Balaban J connectivity index is 1.75. The van der Waals surface area contributed by atoms with Gasteiger partial charge in [-0.1, -0.05) is 6.07 Å². The molecule has 1 aromatic heterocycles. The minimum atomic E-state index is -3.89. The van der Waals surface area contributed by atoms with Crippen LogP contribution in [0.5, 0.6) is 0 Å². The van der Waals surface area contributed by atoms with Crippen molar-refractivity contribution in [1.29, 1.82) is 0 Å². The molecule has 6 nitrogen and oxygen atoms in total. The van der Waals surface area contributed by atoms with Crippen molar-refractivity contribution in [1.82, 2.24) is 4.72 Å². The largest absolute Gasteiger partial charge is 0.469 e. The average Bonchev–Trinajstić information content (AvgIpc) is 3.13. The number of hydrogen-bond acceptors (Lipinski definition) is 5. The van der Waals surface area contributed by atoms with Crippen LogP contribution in [-0.2, 0) is 14.8 Å². The molecule has 3 rings (SSSR count). The molecule has 1 aliphatic carbocycles. The molecule has 0 spiro atoms. The quantitative estimate of drug-likeness (QED) is 0.896. The monoisotopic (exact) mass is 348 g/mol. The standard InChI is InChI=1S/C17H20N2O4S/c1-11-6-7-12(9-15(11)19(2)3)24(21,22)18-17(20)14-10-13(14)16-5-4-8-23-16/h4-9,13-14H,10H2,1-3H3,(H,18,20)/t13-,14+/m1/s1. The number of rotatable bonds is 5. The fraction of sp³-hybridized carbons (Fsp3) is 0.353. The van der Waals surface area contributed by atoms with Crippen molar-refractivity contribution in [3.8, 4) is 0 Å². The Morgan fingerprint density at radius 2 is 2.04 bits per heavy atom. The summed E-state index contributed by atoms with van der Waals surface area (Å²) in [6, 6.07) is 8.37. The first kappa shape index (κ1) is 16.6. The van der Waals surface area contributed by atoms with E-state index >= 15 is 0 Å². The number of benzene rings is 1. The molecule has 1 fully saturated rings. The zero-order valence-electron chi connectivity index (χ0n) is 13.8. The molecule has 128 valence electrons. The van der Waals surface area contributed by atoms with Gasteiger partial charge in [-0.2, -0.15) is 0 Å². The number of sulfonamides is 1. The summed E-state index contributed by atoms with van der Waals surface area (Å²) < 4.78 is 32.4. The second kappa shape index (κ2) is 5.98. The highest BCUT2D eigenvalue weighted by Gasteiger charge is 2.46. The van der Waals surface area contributed by atoms with Gasteiger partial charge in [0, 0.05) is 31.6 Å². The van der Waals surface area contributed by atoms with Gasteiger partial charge in [-0.25, -0.2) is 13.1 Å². The molecule has 7 heteroatoms. The van der Waals surface area contributed by atoms with Crippen molar-refractivity contribution in [2.24, 2.45) is 5.92 Å². The molecule has 1 aliphatic rings. The van der Waals surface area contributed by atoms with E-state index in [2.05, 4.69) is 4.72 Å². The third-order valence-corrected chi connectivity index (χ3v) is 5.59. The molecule has 2 aromatic rings. The second-order valence-electron chi connectivity index (χ2n) is 6.28. The SMILES string of the molecule is Cc1ccc(S(=O)(=O)NC(=O)[C@H]2C[C@H]2c2ccco2)cc1N(C)C. The molecular formula is C17H20N2O4S. The molecule has 1 saturated carbocycles. The van der Waals surface area contributed by atoms with Crippen LogP contribution < -0.4 is 9.62 Å². The number of carbonyl (C=O) groups is 1. The molecule has 0 radical (unpaired) electrons. The molecule has 2 atom stereocenters. The molecule has 1 aromatic carbocycles. The zero-order chi connectivity index (χ0) is 17.5. The van der Waals surface area contributed by atoms with Crippen LogP contribution in [-0.4, -0.2) is 28.4 Å². The van der Waals surface area contributed by atoms with Gasteiger partial charge in [0.2, 0.25) is 5.91 Å². The van der Waals surface area contributed by atoms with Gasteiger partial charge in [0.25, 0.3) is 10.0 Å². The van der Waals surface area contributed by atoms with Crippen LogP contribution >= 0.6 is 0 Å². The van der Waals surface area contributed by atoms with Crippen LogP contribution in [0.3, 0.4) is 0 Å². The molecule has 1 N–H and O–H groups in total. The first-order valence-electron chi connectivity index (χ1n) is 7.67. The summed E-state index contributed by atoms with van der Waals surface area (Å²) >= 11 is 0. The first-order valence-corrected chi connectivity index (χ1v) is 9.16. The maximum Gasteiger partial charge on any atom is 0.264 e. The van der Waals surface area contributed by atoms with Crippen LogP contribution in [0.1, 0.15) is 23.7 Å². The molecule has 24 heavy (non-hydrogen) atoms. The number of amides is 1. The van der Waals surface area contributed by atoms with E-state index in [4.69, 9.17) is 4.42 Å². The molecule has 0 saturated heterocycles. The minimum Gasteiger partial charge on any atom is -0.469 e. The molecule has 0 bridgehead atoms. The lowest BCUT2D eigenvalue weighted by atomic mass is 10.2. The number of aryl methyl sites for hydroxylation is 1. The third-order valence-electron chi connectivity index (χ3n) is 4.24. The zero-order valence-corrected chi connectivity index (χ0v) is 14.6. The maximum absolute atomic E-state index is 12.5. The summed E-state index contributed by atoms with van der Waals surface area (Å²) in [7, 11) is -0.201. The molecular weight excluding hydrogens is 328 g/mol. The average molecular weight is 348 g/mol. The summed E-state index contributed by atoms with van der Waals surface area (Å²) in [4.78, 5) is 14.2. The van der Waals surface area contributed by atoms with Gasteiger partial charge in [-0.05, 0) is 43.2 Å². The highest BCUT2D eigenvalue weighted by molar-refractivity contribution is 7.90. The van der Waals surface area contributed by atoms with Crippen LogP contribution in [0.25, 0.3) is 0 Å². The summed E-state index contributed by atoms with van der Waals surface area (Å²) in [5.74, 6) is -0.156. The van der Waals surface area contributed by atoms with E-state index in [0.717, 1.165) is 17.0 Å². The topological polar surface area (TPSA) is 79.6 Å². The summed E-state index contributed by atoms with van der Waals surface area (Å²) in [6.07, 6.45) is 2.15. The Morgan fingerprint density at radius 1 is 1.29 bits per heavy atom. The maximum atomic E-state index is 12.5. The van der Waals surface area contributed by atoms with Gasteiger partial charge in [0.05, 0.1) is 11.2 Å². The lowest BCUT2D eigenvalue weighted by Crippen LogP contribution is -2.32. The molecule has 1 amide bonds. The van der Waals surface area contributed by atoms with E-state index < -0.39 is 15.9 Å². The Labute approximate surface area is 141 Å². The normalized spacial score (nSPS) is 19.8. The van der Waals surface area contributed by atoms with Crippen molar-refractivity contribution in [3.63, 3.8) is 0 Å². The molecule has 1 heterocycles. The van der Waals surface area contributed by atoms with Gasteiger partial charge >= 0.3 is 0 Å². The van der Waals surface area contributed by atoms with Gasteiger partial charge in [0.1, 0.15) is 5.76 Å². The fourth-order valence-electron chi connectivity index (χ4n) is 2.81. The molecule has 0 aliphatic heterocycles. The van der Waals surface area contributed by atoms with E-state index in [-0.39, 0.29) is 16.7 Å². The highest BCUT2D eigenvalue weighted by Crippen LogP contribution is 2.47. The Kier molecular flexibility index (Phi) is 4.13. The fourth-order valence-corrected chi connectivity index (χ4v) is 3.85. The lowest BCUT2D eigenvalue weighted by Gasteiger charge is -2.17. The summed E-state index contributed by atoms with van der Waals surface area (Å²) in [6.45, 7) is 1.91. The Morgan fingerprint density at radius 3 is 2.67 bits per heavy atom. The van der Waals surface area contributed by atoms with Crippen molar-refractivity contribution < 1.29 is 17.6 Å². The second-order valence-corrected chi connectivity index (χ2v) is 7.96. The Bertz CT molecular complexity index is 857.